The van der Waals surface area contributed by atoms with E-state index in [0.717, 1.165) is 19.1 Å². The number of hydrogen-bond donors (Lipinski definition) is 1. The third kappa shape index (κ3) is 4.38. The maximum absolute atomic E-state index is 11.8. The molecule has 0 saturated heterocycles. The molecule has 28 heavy (non-hydrogen) atoms. The minimum Gasteiger partial charge on any atom is -0.413 e. The lowest BCUT2D eigenvalue weighted by molar-refractivity contribution is -0.226. The highest BCUT2D eigenvalue weighted by molar-refractivity contribution is 7.86. The molecule has 0 aromatic carbocycles. The van der Waals surface area contributed by atoms with Gasteiger partial charge in [0, 0.05) is 5.92 Å². The first-order valence-electron chi connectivity index (χ1n) is 10.5. The Morgan fingerprint density at radius 3 is 1.96 bits per heavy atom. The van der Waals surface area contributed by atoms with Gasteiger partial charge in [-0.3, -0.25) is 4.18 Å². The zero-order valence-electron chi connectivity index (χ0n) is 19.5. The summed E-state index contributed by atoms with van der Waals surface area (Å²) in [6.45, 7) is 19.5. The van der Waals surface area contributed by atoms with Crippen LogP contribution in [0, 0.1) is 16.7 Å². The van der Waals surface area contributed by atoms with Crippen LogP contribution in [0.15, 0.2) is 0 Å². The summed E-state index contributed by atoms with van der Waals surface area (Å²) < 4.78 is 36.1. The van der Waals surface area contributed by atoms with Gasteiger partial charge < -0.3 is 9.53 Å². The summed E-state index contributed by atoms with van der Waals surface area (Å²) in [4.78, 5) is 0. The third-order valence-corrected chi connectivity index (χ3v) is 13.1. The lowest BCUT2D eigenvalue weighted by Gasteiger charge is -2.64. The van der Waals surface area contributed by atoms with E-state index in [1.807, 2.05) is 20.8 Å². The highest BCUT2D eigenvalue weighted by atomic mass is 32.2. The summed E-state index contributed by atoms with van der Waals surface area (Å²) in [7, 11) is -5.53. The van der Waals surface area contributed by atoms with Gasteiger partial charge in [0.2, 0.25) is 0 Å². The van der Waals surface area contributed by atoms with Crippen LogP contribution in [0.4, 0.5) is 0 Å². The first-order chi connectivity index (χ1) is 12.2. The molecule has 0 radical (unpaired) electrons. The van der Waals surface area contributed by atoms with E-state index in [2.05, 4.69) is 40.8 Å². The Morgan fingerprint density at radius 2 is 1.50 bits per heavy atom. The highest BCUT2D eigenvalue weighted by Gasteiger charge is 2.64. The summed E-state index contributed by atoms with van der Waals surface area (Å²) in [5.74, 6) is -0.114. The Morgan fingerprint density at radius 1 is 1.00 bits per heavy atom. The van der Waals surface area contributed by atoms with Crippen molar-refractivity contribution in [3.05, 3.63) is 0 Å². The minimum absolute atomic E-state index is 0.0667. The molecule has 0 spiro atoms. The second-order valence-electron chi connectivity index (χ2n) is 11.9. The molecule has 5 nitrogen and oxygen atoms in total. The quantitative estimate of drug-likeness (QED) is 0.512. The summed E-state index contributed by atoms with van der Waals surface area (Å²) in [6.07, 6.45) is 3.67. The van der Waals surface area contributed by atoms with E-state index < -0.39 is 35.6 Å². The van der Waals surface area contributed by atoms with Crippen LogP contribution < -0.4 is 0 Å². The largest absolute Gasteiger partial charge is 0.413 e. The van der Waals surface area contributed by atoms with E-state index in [1.54, 1.807) is 0 Å². The zero-order valence-corrected chi connectivity index (χ0v) is 21.4. The van der Waals surface area contributed by atoms with Crippen molar-refractivity contribution in [2.45, 2.75) is 110 Å². The van der Waals surface area contributed by atoms with Crippen LogP contribution in [0.25, 0.3) is 0 Å². The topological polar surface area (TPSA) is 72.8 Å². The van der Waals surface area contributed by atoms with Crippen molar-refractivity contribution in [2.24, 2.45) is 16.7 Å². The zero-order chi connectivity index (χ0) is 22.0. The molecule has 166 valence electrons. The van der Waals surface area contributed by atoms with Crippen molar-refractivity contribution < 1.29 is 22.1 Å². The van der Waals surface area contributed by atoms with Gasteiger partial charge in [-0.05, 0) is 61.6 Å². The Balaban J connectivity index is 2.45. The minimum atomic E-state index is -3.56. The fraction of sp³-hybridized carbons (Fsp3) is 1.00. The van der Waals surface area contributed by atoms with Crippen LogP contribution in [0.2, 0.25) is 18.1 Å². The summed E-state index contributed by atoms with van der Waals surface area (Å²) >= 11 is 0. The molecule has 0 aliphatic heterocycles. The van der Waals surface area contributed by atoms with Crippen LogP contribution in [0.5, 0.6) is 0 Å². The molecule has 7 heteroatoms. The average Bonchev–Trinajstić information content (AvgIpc) is 2.42. The van der Waals surface area contributed by atoms with Crippen LogP contribution >= 0.6 is 0 Å². The van der Waals surface area contributed by atoms with E-state index in [0.29, 0.717) is 12.8 Å². The third-order valence-electron chi connectivity index (χ3n) is 7.98. The first kappa shape index (κ1) is 24.3. The predicted octanol–water partition coefficient (Wildman–Crippen LogP) is 4.71. The van der Waals surface area contributed by atoms with Gasteiger partial charge in [-0.1, -0.05) is 41.5 Å². The molecule has 2 rings (SSSR count). The summed E-state index contributed by atoms with van der Waals surface area (Å²) in [5, 5.41) is 11.5. The molecule has 0 aromatic heterocycles. The van der Waals surface area contributed by atoms with Gasteiger partial charge in [0.15, 0.2) is 8.32 Å². The van der Waals surface area contributed by atoms with Crippen molar-refractivity contribution in [1.82, 2.24) is 0 Å². The SMILES string of the molecule is CC1(C)[C@@H](OS(C)(=O)=O)CC[C@]2(C)[C@@H](O[Si](C)(C)C(C)(C)C)CC[C@@](C)(O)[C@@H]12. The van der Waals surface area contributed by atoms with Gasteiger partial charge in [-0.2, -0.15) is 8.42 Å². The van der Waals surface area contributed by atoms with Gasteiger partial charge >= 0.3 is 0 Å². The van der Waals surface area contributed by atoms with E-state index in [1.165, 1.54) is 0 Å². The van der Waals surface area contributed by atoms with Crippen LogP contribution in [0.1, 0.15) is 74.1 Å². The van der Waals surface area contributed by atoms with Crippen molar-refractivity contribution in [1.29, 1.82) is 0 Å². The molecule has 2 aliphatic carbocycles. The van der Waals surface area contributed by atoms with Gasteiger partial charge in [-0.25, -0.2) is 0 Å². The monoisotopic (exact) mass is 434 g/mol. The van der Waals surface area contributed by atoms with Crippen LogP contribution in [-0.4, -0.2) is 45.9 Å². The average molecular weight is 435 g/mol. The fourth-order valence-corrected chi connectivity index (χ4v) is 8.08. The molecule has 2 fully saturated rings. The Labute approximate surface area is 173 Å². The van der Waals surface area contributed by atoms with Crippen molar-refractivity contribution in [2.75, 3.05) is 6.26 Å². The first-order valence-corrected chi connectivity index (χ1v) is 15.2. The normalized spacial score (nSPS) is 39.5. The molecule has 1 N–H and O–H groups in total. The molecule has 2 aliphatic rings. The summed E-state index contributed by atoms with van der Waals surface area (Å²) in [6, 6.07) is 0. The van der Waals surface area contributed by atoms with Crippen molar-refractivity contribution in [3.8, 4) is 0 Å². The van der Waals surface area contributed by atoms with Crippen molar-refractivity contribution in [3.63, 3.8) is 0 Å². The van der Waals surface area contributed by atoms with Gasteiger partial charge in [0.1, 0.15) is 0 Å². The molecular weight excluding hydrogens is 392 g/mol. The molecule has 0 aromatic rings. The van der Waals surface area contributed by atoms with Crippen LogP contribution in [0.3, 0.4) is 0 Å². The van der Waals surface area contributed by atoms with Gasteiger partial charge in [-0.15, -0.1) is 0 Å². The van der Waals surface area contributed by atoms with E-state index in [-0.39, 0.29) is 22.5 Å². The molecule has 0 unspecified atom stereocenters. The lowest BCUT2D eigenvalue weighted by Crippen LogP contribution is -2.67. The number of rotatable bonds is 4. The standard InChI is InChI=1S/C21H42O5SSi/c1-18(2,3)28(9,10)26-16-12-14-21(7,22)17-19(4,5)15(25-27(8,23)24)11-13-20(16,17)6/h15-17,22H,11-14H2,1-10H3/t15-,16-,17-,20+,21+/m0/s1. The number of hydrogen-bond acceptors (Lipinski definition) is 5. The molecule has 5 atom stereocenters. The Kier molecular flexibility index (Phi) is 6.12. The second-order valence-corrected chi connectivity index (χ2v) is 18.2. The predicted molar refractivity (Wildman–Crippen MR) is 116 cm³/mol. The maximum Gasteiger partial charge on any atom is 0.264 e. The molecule has 0 bridgehead atoms. The van der Waals surface area contributed by atoms with E-state index in [9.17, 15) is 13.5 Å². The van der Waals surface area contributed by atoms with Gasteiger partial charge in [0.05, 0.1) is 24.1 Å². The molecular formula is C21H42O5SSi. The maximum atomic E-state index is 11.8. The summed E-state index contributed by atoms with van der Waals surface area (Å²) in [5.41, 5.74) is -1.60. The fourth-order valence-electron chi connectivity index (χ4n) is 5.86. The van der Waals surface area contributed by atoms with E-state index in [4.69, 9.17) is 8.61 Å². The van der Waals surface area contributed by atoms with E-state index >= 15 is 0 Å². The van der Waals surface area contributed by atoms with Crippen molar-refractivity contribution >= 4 is 18.4 Å². The lowest BCUT2D eigenvalue weighted by atomic mass is 9.46. The Hall–Kier alpha value is 0.0469. The second kappa shape index (κ2) is 7.04. The number of aliphatic hydroxyl groups is 1. The molecule has 0 amide bonds. The van der Waals surface area contributed by atoms with Crippen LogP contribution in [-0.2, 0) is 18.7 Å². The highest BCUT2D eigenvalue weighted by Crippen LogP contribution is 2.62. The number of fused-ring (bicyclic) bond motifs is 1. The van der Waals surface area contributed by atoms with Gasteiger partial charge in [0.25, 0.3) is 10.1 Å². The Bertz CT molecular complexity index is 692. The molecule has 0 heterocycles. The smallest absolute Gasteiger partial charge is 0.264 e. The molecule has 2 saturated carbocycles.